The van der Waals surface area contributed by atoms with E-state index in [2.05, 4.69) is 5.32 Å². The smallest absolute Gasteiger partial charge is 0.407 e. The fraction of sp³-hybridized carbons (Fsp3) is 0.350. The molecule has 9 heteroatoms. The van der Waals surface area contributed by atoms with E-state index < -0.39 is 19.7 Å². The van der Waals surface area contributed by atoms with Gasteiger partial charge >= 0.3 is 13.7 Å². The number of alkyl carbamates (subject to hydrolysis) is 1. The second-order valence-corrected chi connectivity index (χ2v) is 9.00. The van der Waals surface area contributed by atoms with Gasteiger partial charge in [-0.1, -0.05) is 59.6 Å². The Labute approximate surface area is 181 Å². The molecule has 0 unspecified atom stereocenters. The number of rotatable bonds is 10. The third-order valence-electron chi connectivity index (χ3n) is 3.90. The molecule has 0 aliphatic carbocycles. The molecular formula is C20H24Cl2NO5P. The standard InChI is InChI=1S/C20H24Cl2NO5P/c1-3-27-29(25,28-4-2)14-19(17-11-10-16(21)12-18(17)22)23-20(24)26-13-15-8-6-5-7-9-15/h5-12,19H,3-4,13-14H2,1-2H3,(H,23,24)/t19-/m1/s1. The van der Waals surface area contributed by atoms with Crippen molar-refractivity contribution in [3.05, 3.63) is 69.7 Å². The molecule has 0 spiro atoms. The Morgan fingerprint density at radius 3 is 2.31 bits per heavy atom. The molecule has 0 fully saturated rings. The minimum absolute atomic E-state index is 0.0995. The summed E-state index contributed by atoms with van der Waals surface area (Å²) in [5.41, 5.74) is 1.38. The van der Waals surface area contributed by atoms with Crippen LogP contribution in [-0.4, -0.2) is 25.5 Å². The highest BCUT2D eigenvalue weighted by Gasteiger charge is 2.32. The summed E-state index contributed by atoms with van der Waals surface area (Å²) in [7, 11) is -3.47. The number of halogens is 2. The zero-order valence-electron chi connectivity index (χ0n) is 16.3. The van der Waals surface area contributed by atoms with Gasteiger partial charge in [-0.25, -0.2) is 4.79 Å². The van der Waals surface area contributed by atoms with Crippen molar-refractivity contribution in [2.45, 2.75) is 26.5 Å². The number of benzene rings is 2. The van der Waals surface area contributed by atoms with Crippen molar-refractivity contribution in [3.63, 3.8) is 0 Å². The maximum atomic E-state index is 13.0. The molecule has 0 radical (unpaired) electrons. The van der Waals surface area contributed by atoms with Crippen LogP contribution in [0.5, 0.6) is 0 Å². The first-order valence-electron chi connectivity index (χ1n) is 9.17. The predicted octanol–water partition coefficient (Wildman–Crippen LogP) is 6.23. The number of hydrogen-bond acceptors (Lipinski definition) is 5. The highest BCUT2D eigenvalue weighted by atomic mass is 35.5. The summed E-state index contributed by atoms with van der Waals surface area (Å²) in [5, 5.41) is 3.49. The maximum absolute atomic E-state index is 13.0. The van der Waals surface area contributed by atoms with E-state index in [9.17, 15) is 9.36 Å². The molecule has 0 aliphatic rings. The first-order chi connectivity index (χ1) is 13.9. The lowest BCUT2D eigenvalue weighted by molar-refractivity contribution is 0.136. The Hall–Kier alpha value is -1.56. The lowest BCUT2D eigenvalue weighted by atomic mass is 10.1. The monoisotopic (exact) mass is 459 g/mol. The molecule has 0 saturated carbocycles. The Morgan fingerprint density at radius 2 is 1.72 bits per heavy atom. The SMILES string of the molecule is CCOP(=O)(C[C@@H](NC(=O)OCc1ccccc1)c1ccc(Cl)cc1Cl)OCC. The highest BCUT2D eigenvalue weighted by molar-refractivity contribution is 7.53. The molecule has 0 heterocycles. The van der Waals surface area contributed by atoms with Crippen molar-refractivity contribution in [2.75, 3.05) is 19.4 Å². The molecule has 0 saturated heterocycles. The van der Waals surface area contributed by atoms with E-state index in [4.69, 9.17) is 37.0 Å². The van der Waals surface area contributed by atoms with Crippen molar-refractivity contribution >= 4 is 36.9 Å². The molecule has 0 aliphatic heterocycles. The van der Waals surface area contributed by atoms with E-state index in [0.29, 0.717) is 15.6 Å². The molecule has 6 nitrogen and oxygen atoms in total. The molecule has 1 atom stereocenters. The van der Waals surface area contributed by atoms with Crippen molar-refractivity contribution in [3.8, 4) is 0 Å². The van der Waals surface area contributed by atoms with Gasteiger partial charge in [-0.3, -0.25) is 4.57 Å². The van der Waals surface area contributed by atoms with Crippen molar-refractivity contribution < 1.29 is 23.1 Å². The Kier molecular flexibility index (Phi) is 9.47. The molecule has 2 rings (SSSR count). The summed E-state index contributed by atoms with van der Waals surface area (Å²) in [6.45, 7) is 3.95. The largest absolute Gasteiger partial charge is 0.445 e. The maximum Gasteiger partial charge on any atom is 0.407 e. The second-order valence-electron chi connectivity index (χ2n) is 6.05. The third-order valence-corrected chi connectivity index (χ3v) is 6.58. The average Bonchev–Trinajstić information content (AvgIpc) is 2.67. The summed E-state index contributed by atoms with van der Waals surface area (Å²) < 4.78 is 29.1. The quantitative estimate of drug-likeness (QED) is 0.426. The van der Waals surface area contributed by atoms with Crippen molar-refractivity contribution in [1.29, 1.82) is 0 Å². The van der Waals surface area contributed by atoms with Gasteiger partial charge in [0.25, 0.3) is 0 Å². The van der Waals surface area contributed by atoms with Gasteiger partial charge in [0.05, 0.1) is 25.4 Å². The van der Waals surface area contributed by atoms with E-state index in [1.165, 1.54) is 0 Å². The Morgan fingerprint density at radius 1 is 1.07 bits per heavy atom. The predicted molar refractivity (Wildman–Crippen MR) is 115 cm³/mol. The summed E-state index contributed by atoms with van der Waals surface area (Å²) in [6.07, 6.45) is -0.777. The van der Waals surface area contributed by atoms with Crippen LogP contribution in [0, 0.1) is 0 Å². The number of nitrogens with one attached hydrogen (secondary N) is 1. The minimum atomic E-state index is -3.47. The lowest BCUT2D eigenvalue weighted by Gasteiger charge is -2.25. The fourth-order valence-electron chi connectivity index (χ4n) is 2.67. The molecule has 0 bridgehead atoms. The fourth-order valence-corrected chi connectivity index (χ4v) is 5.02. The minimum Gasteiger partial charge on any atom is -0.445 e. The van der Waals surface area contributed by atoms with Crippen LogP contribution in [-0.2, 0) is 25.0 Å². The summed E-state index contributed by atoms with van der Waals surface area (Å²) >= 11 is 12.3. The van der Waals surface area contributed by atoms with E-state index >= 15 is 0 Å². The first-order valence-corrected chi connectivity index (χ1v) is 11.7. The van der Waals surface area contributed by atoms with Gasteiger partial charge in [0, 0.05) is 10.0 Å². The van der Waals surface area contributed by atoms with Crippen LogP contribution >= 0.6 is 30.8 Å². The average molecular weight is 460 g/mol. The van der Waals surface area contributed by atoms with Gasteiger partial charge in [-0.15, -0.1) is 0 Å². The number of hydrogen-bond donors (Lipinski definition) is 1. The van der Waals surface area contributed by atoms with Crippen LogP contribution in [0.2, 0.25) is 10.0 Å². The van der Waals surface area contributed by atoms with Gasteiger partial charge < -0.3 is 19.1 Å². The first kappa shape index (κ1) is 23.7. The number of carbonyl (C=O) groups excluding carboxylic acids is 1. The van der Waals surface area contributed by atoms with Crippen LogP contribution < -0.4 is 5.32 Å². The third kappa shape index (κ3) is 7.65. The summed E-state index contributed by atoms with van der Waals surface area (Å²) in [5.74, 6) is 0. The molecule has 2 aromatic rings. The number of carbonyl (C=O) groups is 1. The van der Waals surface area contributed by atoms with Gasteiger partial charge in [-0.2, -0.15) is 0 Å². The summed E-state index contributed by atoms with van der Waals surface area (Å²) in [4.78, 5) is 12.4. The Bertz CT molecular complexity index is 840. The van der Waals surface area contributed by atoms with Crippen LogP contribution in [0.3, 0.4) is 0 Å². The molecular weight excluding hydrogens is 436 g/mol. The van der Waals surface area contributed by atoms with E-state index in [-0.39, 0.29) is 26.0 Å². The van der Waals surface area contributed by atoms with Crippen molar-refractivity contribution in [1.82, 2.24) is 5.32 Å². The second kappa shape index (κ2) is 11.6. The van der Waals surface area contributed by atoms with Crippen LogP contribution in [0.1, 0.15) is 31.0 Å². The lowest BCUT2D eigenvalue weighted by Crippen LogP contribution is -2.32. The zero-order valence-corrected chi connectivity index (χ0v) is 18.7. The molecule has 1 N–H and O–H groups in total. The molecule has 2 aromatic carbocycles. The molecule has 158 valence electrons. The number of ether oxygens (including phenoxy) is 1. The summed E-state index contributed by atoms with van der Waals surface area (Å²) in [6, 6.07) is 13.4. The van der Waals surface area contributed by atoms with Crippen LogP contribution in [0.15, 0.2) is 48.5 Å². The van der Waals surface area contributed by atoms with Crippen LogP contribution in [0.4, 0.5) is 4.79 Å². The highest BCUT2D eigenvalue weighted by Crippen LogP contribution is 2.51. The number of amides is 1. The van der Waals surface area contributed by atoms with Crippen molar-refractivity contribution in [2.24, 2.45) is 0 Å². The molecule has 1 amide bonds. The van der Waals surface area contributed by atoms with Gasteiger partial charge in [-0.05, 0) is 37.1 Å². The van der Waals surface area contributed by atoms with Crippen LogP contribution in [0.25, 0.3) is 0 Å². The Balaban J connectivity index is 2.19. The zero-order chi connectivity index (χ0) is 21.3. The topological polar surface area (TPSA) is 73.9 Å². The van der Waals surface area contributed by atoms with E-state index in [0.717, 1.165) is 5.56 Å². The van der Waals surface area contributed by atoms with E-state index in [1.54, 1.807) is 32.0 Å². The van der Waals surface area contributed by atoms with Gasteiger partial charge in [0.1, 0.15) is 6.61 Å². The normalized spacial score (nSPS) is 12.4. The molecule has 29 heavy (non-hydrogen) atoms. The molecule has 0 aromatic heterocycles. The van der Waals surface area contributed by atoms with Gasteiger partial charge in [0.15, 0.2) is 0 Å². The van der Waals surface area contributed by atoms with E-state index in [1.807, 2.05) is 30.3 Å². The van der Waals surface area contributed by atoms with Gasteiger partial charge in [0.2, 0.25) is 0 Å².